The first-order valence-corrected chi connectivity index (χ1v) is 5.84. The van der Waals surface area contributed by atoms with Crippen LogP contribution in [0.1, 0.15) is 18.2 Å². The summed E-state index contributed by atoms with van der Waals surface area (Å²) in [6, 6.07) is 1.95. The van der Waals surface area contributed by atoms with Gasteiger partial charge in [0.05, 0.1) is 25.4 Å². The number of nitrogens with zero attached hydrogens (tertiary/aromatic N) is 2. The summed E-state index contributed by atoms with van der Waals surface area (Å²) < 4.78 is 6.11. The summed E-state index contributed by atoms with van der Waals surface area (Å²) in [4.78, 5) is 17.4. The molecule has 0 spiro atoms. The second-order valence-corrected chi connectivity index (χ2v) is 4.44. The van der Waals surface area contributed by atoms with Gasteiger partial charge in [-0.1, -0.05) is 0 Å². The molecule has 0 atom stereocenters. The van der Waals surface area contributed by atoms with Crippen molar-refractivity contribution in [1.82, 2.24) is 9.88 Å². The molecule has 0 bridgehead atoms. The molecule has 88 valence electrons. The Bertz CT molecular complexity index is 404. The van der Waals surface area contributed by atoms with Crippen LogP contribution in [0.5, 0.6) is 0 Å². The van der Waals surface area contributed by atoms with Crippen molar-refractivity contribution in [3.8, 4) is 0 Å². The van der Waals surface area contributed by atoms with Crippen LogP contribution in [0.2, 0.25) is 0 Å². The summed E-state index contributed by atoms with van der Waals surface area (Å²) in [5.74, 6) is 0. The SMILES string of the molecule is CCOC(=O)N1Cc2nccc(I)c2C1.[I-].[Na+]. The number of ether oxygens (including phenoxy) is 1. The Balaban J connectivity index is 0.00000128. The van der Waals surface area contributed by atoms with E-state index in [2.05, 4.69) is 27.6 Å². The number of hydrogen-bond donors (Lipinski definition) is 0. The van der Waals surface area contributed by atoms with Crippen LogP contribution in [0.15, 0.2) is 12.3 Å². The largest absolute Gasteiger partial charge is 1.00 e. The van der Waals surface area contributed by atoms with Crippen molar-refractivity contribution in [2.24, 2.45) is 0 Å². The van der Waals surface area contributed by atoms with Crippen molar-refractivity contribution in [1.29, 1.82) is 0 Å². The fourth-order valence-electron chi connectivity index (χ4n) is 1.58. The standard InChI is InChI=1S/C10H11IN2O2.HI.Na/c1-2-15-10(14)13-5-7-8(11)3-4-12-9(7)6-13;;/h3-4H,2,5-6H2,1H3;1H;/q;;+1/p-1. The first-order chi connectivity index (χ1) is 7.22. The summed E-state index contributed by atoms with van der Waals surface area (Å²) in [7, 11) is 0. The Kier molecular flexibility index (Phi) is 8.55. The normalized spacial score (nSPS) is 12.2. The third-order valence-electron chi connectivity index (χ3n) is 2.30. The summed E-state index contributed by atoms with van der Waals surface area (Å²) in [6.07, 6.45) is 1.52. The van der Waals surface area contributed by atoms with Gasteiger partial charge in [-0.25, -0.2) is 4.79 Å². The van der Waals surface area contributed by atoms with Crippen molar-refractivity contribution >= 4 is 28.7 Å². The van der Waals surface area contributed by atoms with Crippen molar-refractivity contribution in [2.75, 3.05) is 6.61 Å². The molecule has 4 nitrogen and oxygen atoms in total. The fraction of sp³-hybridized carbons (Fsp3) is 0.400. The fourth-order valence-corrected chi connectivity index (χ4v) is 2.23. The van der Waals surface area contributed by atoms with Crippen molar-refractivity contribution < 1.29 is 63.1 Å². The smallest absolute Gasteiger partial charge is 1.00 e. The van der Waals surface area contributed by atoms with E-state index < -0.39 is 0 Å². The van der Waals surface area contributed by atoms with Gasteiger partial charge in [-0.3, -0.25) is 9.88 Å². The van der Waals surface area contributed by atoms with Gasteiger partial charge in [-0.15, -0.1) is 0 Å². The molecule has 7 heteroatoms. The van der Waals surface area contributed by atoms with E-state index >= 15 is 0 Å². The number of hydrogen-bond acceptors (Lipinski definition) is 3. The van der Waals surface area contributed by atoms with E-state index in [1.165, 1.54) is 0 Å². The van der Waals surface area contributed by atoms with Gasteiger partial charge in [0, 0.05) is 15.3 Å². The second-order valence-electron chi connectivity index (χ2n) is 3.27. The number of fused-ring (bicyclic) bond motifs is 1. The molecule has 17 heavy (non-hydrogen) atoms. The predicted molar refractivity (Wildman–Crippen MR) is 63.2 cm³/mol. The van der Waals surface area contributed by atoms with Crippen LogP contribution >= 0.6 is 22.6 Å². The molecular weight excluding hydrogens is 457 g/mol. The van der Waals surface area contributed by atoms with E-state index in [0.717, 1.165) is 14.8 Å². The van der Waals surface area contributed by atoms with Gasteiger partial charge in [0.2, 0.25) is 0 Å². The molecule has 0 saturated heterocycles. The zero-order valence-electron chi connectivity index (χ0n) is 9.74. The van der Waals surface area contributed by atoms with Gasteiger partial charge >= 0.3 is 35.7 Å². The Morgan fingerprint density at radius 1 is 1.59 bits per heavy atom. The Hall–Kier alpha value is 0.880. The van der Waals surface area contributed by atoms with Gasteiger partial charge in [0.1, 0.15) is 0 Å². The van der Waals surface area contributed by atoms with E-state index in [4.69, 9.17) is 4.74 Å². The molecule has 0 aliphatic carbocycles. The minimum atomic E-state index is -0.258. The van der Waals surface area contributed by atoms with Crippen LogP contribution in [0.3, 0.4) is 0 Å². The van der Waals surface area contributed by atoms with Gasteiger partial charge < -0.3 is 28.7 Å². The maximum Gasteiger partial charge on any atom is 1.00 e. The number of aromatic nitrogens is 1. The topological polar surface area (TPSA) is 42.4 Å². The van der Waals surface area contributed by atoms with Gasteiger partial charge in [-0.2, -0.15) is 0 Å². The monoisotopic (exact) mass is 468 g/mol. The van der Waals surface area contributed by atoms with Crippen LogP contribution in [-0.2, 0) is 17.8 Å². The zero-order chi connectivity index (χ0) is 10.8. The third kappa shape index (κ3) is 4.19. The number of halogens is 2. The first-order valence-electron chi connectivity index (χ1n) is 4.76. The number of amides is 1. The molecule has 0 N–H and O–H groups in total. The van der Waals surface area contributed by atoms with Crippen LogP contribution < -0.4 is 53.5 Å². The van der Waals surface area contributed by atoms with Gasteiger partial charge in [0.25, 0.3) is 0 Å². The van der Waals surface area contributed by atoms with Crippen molar-refractivity contribution in [3.05, 3.63) is 27.1 Å². The molecule has 1 aliphatic heterocycles. The molecule has 0 radical (unpaired) electrons. The molecular formula is C10H11I2N2NaO2. The Morgan fingerprint density at radius 3 is 2.88 bits per heavy atom. The van der Waals surface area contributed by atoms with E-state index in [1.54, 1.807) is 11.1 Å². The molecule has 1 amide bonds. The molecule has 1 aromatic heterocycles. The van der Waals surface area contributed by atoms with E-state index in [9.17, 15) is 4.79 Å². The minimum Gasteiger partial charge on any atom is -1.00 e. The summed E-state index contributed by atoms with van der Waals surface area (Å²) in [5.41, 5.74) is 2.13. The average Bonchev–Trinajstić information content (AvgIpc) is 2.63. The molecule has 1 aliphatic rings. The number of rotatable bonds is 1. The molecule has 2 rings (SSSR count). The number of carbonyl (C=O) groups is 1. The van der Waals surface area contributed by atoms with Crippen LogP contribution in [0, 0.1) is 3.57 Å². The third-order valence-corrected chi connectivity index (χ3v) is 3.31. The first kappa shape index (κ1) is 17.9. The number of carbonyl (C=O) groups excluding carboxylic acids is 1. The Morgan fingerprint density at radius 2 is 2.29 bits per heavy atom. The second kappa shape index (κ2) is 8.13. The molecule has 0 fully saturated rings. The summed E-state index contributed by atoms with van der Waals surface area (Å²) >= 11 is 2.26. The van der Waals surface area contributed by atoms with Gasteiger partial charge in [0.15, 0.2) is 0 Å². The Labute approximate surface area is 153 Å². The van der Waals surface area contributed by atoms with Crippen LogP contribution in [0.4, 0.5) is 4.79 Å². The summed E-state index contributed by atoms with van der Waals surface area (Å²) in [5, 5.41) is 0. The van der Waals surface area contributed by atoms with Gasteiger partial charge in [-0.05, 0) is 35.6 Å². The summed E-state index contributed by atoms with van der Waals surface area (Å²) in [6.45, 7) is 3.39. The minimum absolute atomic E-state index is 0. The maximum absolute atomic E-state index is 11.5. The van der Waals surface area contributed by atoms with Crippen molar-refractivity contribution in [3.63, 3.8) is 0 Å². The average molecular weight is 468 g/mol. The van der Waals surface area contributed by atoms with E-state index in [-0.39, 0.29) is 59.6 Å². The molecule has 0 unspecified atom stereocenters. The number of pyridine rings is 1. The van der Waals surface area contributed by atoms with E-state index in [0.29, 0.717) is 19.7 Å². The van der Waals surface area contributed by atoms with Crippen molar-refractivity contribution in [2.45, 2.75) is 20.0 Å². The predicted octanol–water partition coefficient (Wildman–Crippen LogP) is -3.83. The maximum atomic E-state index is 11.5. The van der Waals surface area contributed by atoms with E-state index in [1.807, 2.05) is 13.0 Å². The molecule has 0 saturated carbocycles. The quantitative estimate of drug-likeness (QED) is 0.314. The van der Waals surface area contributed by atoms with Crippen LogP contribution in [0.25, 0.3) is 0 Å². The zero-order valence-corrected chi connectivity index (χ0v) is 16.1. The van der Waals surface area contributed by atoms with Crippen LogP contribution in [-0.4, -0.2) is 22.6 Å². The molecule has 2 heterocycles. The molecule has 1 aromatic rings. The molecule has 0 aromatic carbocycles.